The van der Waals surface area contributed by atoms with Gasteiger partial charge in [0.25, 0.3) is 5.91 Å². The molecular weight excluding hydrogens is 356 g/mol. The average molecular weight is 384 g/mol. The summed E-state index contributed by atoms with van der Waals surface area (Å²) in [6, 6.07) is 13.6. The van der Waals surface area contributed by atoms with Crippen LogP contribution in [0.4, 0.5) is 5.69 Å². The van der Waals surface area contributed by atoms with Crippen molar-refractivity contribution in [3.05, 3.63) is 48.0 Å². The number of nitrogens with zero attached hydrogens (tertiary/aromatic N) is 1. The zero-order chi connectivity index (χ0) is 19.8. The highest BCUT2D eigenvalue weighted by molar-refractivity contribution is 5.77. The first-order valence-corrected chi connectivity index (χ1v) is 9.64. The van der Waals surface area contributed by atoms with E-state index in [0.717, 1.165) is 18.7 Å². The van der Waals surface area contributed by atoms with E-state index in [9.17, 15) is 4.79 Å². The second-order valence-corrected chi connectivity index (χ2v) is 6.83. The van der Waals surface area contributed by atoms with Crippen molar-refractivity contribution in [1.29, 1.82) is 0 Å². The number of carbonyl (C=O) groups is 1. The average Bonchev–Trinajstić information content (AvgIpc) is 2.77. The van der Waals surface area contributed by atoms with E-state index in [1.54, 1.807) is 32.4 Å². The Morgan fingerprint density at radius 2 is 1.54 bits per heavy atom. The Morgan fingerprint density at radius 3 is 2.14 bits per heavy atom. The first kappa shape index (κ1) is 19.9. The van der Waals surface area contributed by atoms with E-state index in [2.05, 4.69) is 34.5 Å². The van der Waals surface area contributed by atoms with Gasteiger partial charge in [0.05, 0.1) is 14.2 Å². The fraction of sp³-hybridized carbons (Fsp3) is 0.409. The Kier molecular flexibility index (Phi) is 7.00. The molecule has 1 amide bonds. The lowest BCUT2D eigenvalue weighted by Gasteiger charge is -2.28. The predicted molar refractivity (Wildman–Crippen MR) is 109 cm³/mol. The molecule has 6 nitrogen and oxygen atoms in total. The van der Waals surface area contributed by atoms with Crippen molar-refractivity contribution in [2.45, 2.75) is 25.8 Å². The van der Waals surface area contributed by atoms with E-state index in [-0.39, 0.29) is 12.5 Å². The number of anilines is 1. The van der Waals surface area contributed by atoms with E-state index in [1.165, 1.54) is 24.9 Å². The smallest absolute Gasteiger partial charge is 0.258 e. The third-order valence-corrected chi connectivity index (χ3v) is 4.84. The number of nitrogens with one attached hydrogen (secondary N) is 1. The summed E-state index contributed by atoms with van der Waals surface area (Å²) in [4.78, 5) is 14.5. The van der Waals surface area contributed by atoms with Crippen LogP contribution in [0.25, 0.3) is 0 Å². The summed E-state index contributed by atoms with van der Waals surface area (Å²) in [7, 11) is 3.14. The number of rotatable bonds is 8. The third kappa shape index (κ3) is 5.55. The van der Waals surface area contributed by atoms with Gasteiger partial charge in [-0.3, -0.25) is 4.79 Å². The lowest BCUT2D eigenvalue weighted by atomic mass is 10.1. The van der Waals surface area contributed by atoms with Crippen LogP contribution in [0.3, 0.4) is 0 Å². The van der Waals surface area contributed by atoms with E-state index in [1.807, 2.05) is 0 Å². The van der Waals surface area contributed by atoms with E-state index in [4.69, 9.17) is 14.2 Å². The minimum atomic E-state index is -0.179. The van der Waals surface area contributed by atoms with Gasteiger partial charge in [-0.05, 0) is 37.0 Å². The normalized spacial score (nSPS) is 13.7. The minimum absolute atomic E-state index is 0.0673. The molecule has 0 aliphatic carbocycles. The molecule has 0 bridgehead atoms. The molecule has 0 spiro atoms. The first-order chi connectivity index (χ1) is 13.7. The van der Waals surface area contributed by atoms with Gasteiger partial charge >= 0.3 is 0 Å². The Hall–Kier alpha value is -2.89. The lowest BCUT2D eigenvalue weighted by molar-refractivity contribution is -0.123. The summed E-state index contributed by atoms with van der Waals surface area (Å²) >= 11 is 0. The van der Waals surface area contributed by atoms with Gasteiger partial charge in [-0.25, -0.2) is 0 Å². The predicted octanol–water partition coefficient (Wildman–Crippen LogP) is 3.39. The lowest BCUT2D eigenvalue weighted by Crippen LogP contribution is -2.29. The second-order valence-electron chi connectivity index (χ2n) is 6.83. The van der Waals surface area contributed by atoms with Crippen molar-refractivity contribution in [2.75, 3.05) is 38.8 Å². The van der Waals surface area contributed by atoms with Crippen molar-refractivity contribution in [3.63, 3.8) is 0 Å². The van der Waals surface area contributed by atoms with Gasteiger partial charge in [-0.2, -0.15) is 0 Å². The third-order valence-electron chi connectivity index (χ3n) is 4.84. The molecule has 1 heterocycles. The van der Waals surface area contributed by atoms with Crippen LogP contribution in [0.2, 0.25) is 0 Å². The maximum absolute atomic E-state index is 12.1. The SMILES string of the molecule is COc1cc(OC)cc(OCC(=O)NCc2ccc(N3CCCCC3)cc2)c1. The molecule has 1 aliphatic heterocycles. The standard InChI is InChI=1S/C22H28N2O4/c1-26-19-12-20(27-2)14-21(13-19)28-16-22(25)23-15-17-6-8-18(9-7-17)24-10-4-3-5-11-24/h6-9,12-14H,3-5,10-11,15-16H2,1-2H3,(H,23,25). The van der Waals surface area contributed by atoms with Gasteiger partial charge in [0, 0.05) is 43.5 Å². The van der Waals surface area contributed by atoms with Crippen molar-refractivity contribution in [1.82, 2.24) is 5.32 Å². The maximum atomic E-state index is 12.1. The molecule has 0 saturated carbocycles. The molecule has 2 aromatic rings. The van der Waals surface area contributed by atoms with Gasteiger partial charge in [-0.1, -0.05) is 12.1 Å². The second kappa shape index (κ2) is 9.88. The fourth-order valence-electron chi connectivity index (χ4n) is 3.24. The molecule has 28 heavy (non-hydrogen) atoms. The molecule has 2 aromatic carbocycles. The van der Waals surface area contributed by atoms with Crippen molar-refractivity contribution < 1.29 is 19.0 Å². The Bertz CT molecular complexity index is 748. The van der Waals surface area contributed by atoms with Crippen LogP contribution in [0.5, 0.6) is 17.2 Å². The van der Waals surface area contributed by atoms with Gasteiger partial charge in [-0.15, -0.1) is 0 Å². The fourth-order valence-corrected chi connectivity index (χ4v) is 3.24. The molecule has 0 unspecified atom stereocenters. The highest BCUT2D eigenvalue weighted by atomic mass is 16.5. The number of carbonyl (C=O) groups excluding carboxylic acids is 1. The zero-order valence-electron chi connectivity index (χ0n) is 16.6. The molecule has 150 valence electrons. The summed E-state index contributed by atoms with van der Waals surface area (Å²) in [5, 5.41) is 2.89. The minimum Gasteiger partial charge on any atom is -0.496 e. The largest absolute Gasteiger partial charge is 0.496 e. The van der Waals surface area contributed by atoms with E-state index in [0.29, 0.717) is 23.8 Å². The van der Waals surface area contributed by atoms with E-state index < -0.39 is 0 Å². The Balaban J connectivity index is 1.46. The number of amides is 1. The maximum Gasteiger partial charge on any atom is 0.258 e. The molecule has 3 rings (SSSR count). The monoisotopic (exact) mass is 384 g/mol. The quantitative estimate of drug-likeness (QED) is 0.756. The summed E-state index contributed by atoms with van der Waals surface area (Å²) < 4.78 is 16.0. The van der Waals surface area contributed by atoms with Crippen molar-refractivity contribution >= 4 is 11.6 Å². The number of methoxy groups -OCH3 is 2. The summed E-state index contributed by atoms with van der Waals surface area (Å²) in [6.07, 6.45) is 3.85. The number of benzene rings is 2. The summed E-state index contributed by atoms with van der Waals surface area (Å²) in [6.45, 7) is 2.66. The van der Waals surface area contributed by atoms with Crippen LogP contribution in [0.15, 0.2) is 42.5 Å². The molecule has 0 atom stereocenters. The van der Waals surface area contributed by atoms with E-state index >= 15 is 0 Å². The zero-order valence-corrected chi connectivity index (χ0v) is 16.6. The number of hydrogen-bond acceptors (Lipinski definition) is 5. The van der Waals surface area contributed by atoms with Gasteiger partial charge in [0.2, 0.25) is 0 Å². The number of ether oxygens (including phenoxy) is 3. The molecule has 1 saturated heterocycles. The van der Waals surface area contributed by atoms with Crippen LogP contribution >= 0.6 is 0 Å². The molecule has 0 aromatic heterocycles. The highest BCUT2D eigenvalue weighted by Crippen LogP contribution is 2.27. The number of piperidine rings is 1. The van der Waals surface area contributed by atoms with Gasteiger partial charge in [0.15, 0.2) is 6.61 Å². The van der Waals surface area contributed by atoms with Crippen molar-refractivity contribution in [3.8, 4) is 17.2 Å². The van der Waals surface area contributed by atoms with Crippen LogP contribution in [0, 0.1) is 0 Å². The van der Waals surface area contributed by atoms with Crippen LogP contribution in [-0.2, 0) is 11.3 Å². The molecule has 1 N–H and O–H groups in total. The van der Waals surface area contributed by atoms with Crippen molar-refractivity contribution in [2.24, 2.45) is 0 Å². The molecule has 0 radical (unpaired) electrons. The molecular formula is C22H28N2O4. The van der Waals surface area contributed by atoms with Crippen LogP contribution in [0.1, 0.15) is 24.8 Å². The van der Waals surface area contributed by atoms with Crippen LogP contribution < -0.4 is 24.4 Å². The first-order valence-electron chi connectivity index (χ1n) is 9.64. The Morgan fingerprint density at radius 1 is 0.929 bits per heavy atom. The van der Waals surface area contributed by atoms with Gasteiger partial charge < -0.3 is 24.4 Å². The molecule has 6 heteroatoms. The topological polar surface area (TPSA) is 60.0 Å². The Labute approximate surface area is 166 Å². The molecule has 1 aliphatic rings. The van der Waals surface area contributed by atoms with Crippen LogP contribution in [-0.4, -0.2) is 39.8 Å². The molecule has 1 fully saturated rings. The highest BCUT2D eigenvalue weighted by Gasteiger charge is 2.11. The number of hydrogen-bond donors (Lipinski definition) is 1. The summed E-state index contributed by atoms with van der Waals surface area (Å²) in [5.41, 5.74) is 2.32. The van der Waals surface area contributed by atoms with Gasteiger partial charge in [0.1, 0.15) is 17.2 Å². The summed E-state index contributed by atoms with van der Waals surface area (Å²) in [5.74, 6) is 1.58.